The van der Waals surface area contributed by atoms with Crippen LogP contribution in [0.25, 0.3) is 0 Å². The molecule has 3 atom stereocenters. The van der Waals surface area contributed by atoms with Crippen LogP contribution in [0.1, 0.15) is 219 Å². The summed E-state index contributed by atoms with van der Waals surface area (Å²) in [6.07, 6.45) is 86.8. The molecule has 0 aliphatic carbocycles. The fraction of sp³-hybridized carbons (Fsp3) is 0.627. The normalized spacial score (nSPS) is 14.9. The molecule has 0 fully saturated rings. The van der Waals surface area contributed by atoms with E-state index in [0.717, 1.165) is 96.3 Å². The minimum atomic E-state index is -4.38. The third-order valence-corrected chi connectivity index (χ3v) is 13.5. The maximum absolute atomic E-state index is 13.0. The molecule has 0 aliphatic heterocycles. The summed E-state index contributed by atoms with van der Waals surface area (Å²) in [5.74, 6) is -0.234. The van der Waals surface area contributed by atoms with Crippen LogP contribution < -0.4 is 5.32 Å². The van der Waals surface area contributed by atoms with Crippen LogP contribution >= 0.6 is 7.82 Å². The molecule has 0 spiro atoms. The number of nitrogens with zero attached hydrogens (tertiary/aromatic N) is 1. The molecular formula is C67H114N2O6P+. The Morgan fingerprint density at radius 1 is 0.461 bits per heavy atom. The molecule has 1 amide bonds. The first kappa shape index (κ1) is 72.4. The van der Waals surface area contributed by atoms with E-state index in [-0.39, 0.29) is 25.5 Å². The number of unbranched alkanes of at least 4 members (excludes halogenated alkanes) is 18. The summed E-state index contributed by atoms with van der Waals surface area (Å²) in [6.45, 7) is 4.64. The molecule has 3 N–H and O–H groups in total. The molecule has 0 aromatic rings. The molecule has 0 aliphatic rings. The van der Waals surface area contributed by atoms with Gasteiger partial charge in [0.25, 0.3) is 0 Å². The van der Waals surface area contributed by atoms with Crippen molar-refractivity contribution < 1.29 is 32.9 Å². The maximum Gasteiger partial charge on any atom is 0.472 e. The molecule has 432 valence electrons. The fourth-order valence-corrected chi connectivity index (χ4v) is 8.59. The highest BCUT2D eigenvalue weighted by Gasteiger charge is 2.27. The zero-order valence-corrected chi connectivity index (χ0v) is 50.1. The number of phosphoric acid groups is 1. The van der Waals surface area contributed by atoms with Crippen LogP contribution in [0, 0.1) is 0 Å². The molecule has 0 heterocycles. The Morgan fingerprint density at radius 3 is 1.21 bits per heavy atom. The second-order valence-corrected chi connectivity index (χ2v) is 22.4. The Morgan fingerprint density at radius 2 is 0.803 bits per heavy atom. The zero-order chi connectivity index (χ0) is 55.6. The van der Waals surface area contributed by atoms with Gasteiger partial charge in [0.15, 0.2) is 0 Å². The van der Waals surface area contributed by atoms with Crippen LogP contribution in [0.5, 0.6) is 0 Å². The van der Waals surface area contributed by atoms with E-state index in [2.05, 4.69) is 153 Å². The minimum Gasteiger partial charge on any atom is -0.387 e. The summed E-state index contributed by atoms with van der Waals surface area (Å²) in [7, 11) is 1.50. The van der Waals surface area contributed by atoms with Gasteiger partial charge in [0.2, 0.25) is 5.91 Å². The molecule has 0 bridgehead atoms. The molecule has 76 heavy (non-hydrogen) atoms. The molecule has 0 rings (SSSR count). The number of amides is 1. The standard InChI is InChI=1S/C67H113N2O6P/c1-6-8-10-12-14-16-18-20-22-24-26-28-29-30-31-32-33-34-35-36-37-38-39-41-43-45-47-49-51-53-55-57-59-61-67(71)68-65(64-75-76(72,73)74-63-62-69(3,4)5)66(70)60-58-56-54-52-50-48-46-44-42-40-27-25-23-21-19-17-15-13-11-9-7-2/h8,10,14,16,20,22,26,28,30-31,33-34,36-37,39,41,45,47,50-53,58,60,65-66,70H,6-7,9,11-13,15,17-19,21,23-25,27,29,32,35,38,40,42-44,46,48-49,54-57,59,61-64H2,1-5H3,(H-,68,71,72,73)/p+1/b10-8-,16-14-,22-20-,28-26-,31-30-,34-33-,37-36-,41-39-,47-45-,52-50+,53-51-,60-58+. The monoisotopic (exact) mass is 1070 g/mol. The second-order valence-electron chi connectivity index (χ2n) is 21.0. The van der Waals surface area contributed by atoms with E-state index in [1.807, 2.05) is 27.2 Å². The Labute approximate surface area is 468 Å². The number of quaternary nitrogens is 1. The van der Waals surface area contributed by atoms with E-state index in [4.69, 9.17) is 9.05 Å². The van der Waals surface area contributed by atoms with Gasteiger partial charge in [-0.15, -0.1) is 0 Å². The molecule has 9 heteroatoms. The third kappa shape index (κ3) is 58.1. The van der Waals surface area contributed by atoms with Crippen LogP contribution in [-0.2, 0) is 18.4 Å². The Bertz CT molecular complexity index is 1740. The number of phosphoric ester groups is 1. The SMILES string of the molecule is CC/C=C\C/C=C\C/C=C\C/C=C\C/C=C\C/C=C\C/C=C\C/C=C\C/C=C\C/C=C\CCCCC(=O)NC(COP(=O)(O)OCC[N+](C)(C)C)C(O)/C=C/CC/C=C/CCCCCCCCCCCCCCCCC. The lowest BCUT2D eigenvalue weighted by atomic mass is 10.0. The number of nitrogens with one attached hydrogen (secondary N) is 1. The highest BCUT2D eigenvalue weighted by Crippen LogP contribution is 2.43. The van der Waals surface area contributed by atoms with Gasteiger partial charge in [-0.2, -0.15) is 0 Å². The van der Waals surface area contributed by atoms with Crippen LogP contribution in [0.15, 0.2) is 146 Å². The molecule has 0 aromatic heterocycles. The largest absolute Gasteiger partial charge is 0.472 e. The number of allylic oxidation sites excluding steroid dienone is 23. The number of likely N-dealkylation sites (N-methyl/N-ethyl adjacent to an activating group) is 1. The van der Waals surface area contributed by atoms with Crippen LogP contribution in [0.3, 0.4) is 0 Å². The predicted molar refractivity (Wildman–Crippen MR) is 331 cm³/mol. The van der Waals surface area contributed by atoms with Gasteiger partial charge in [-0.05, 0) is 109 Å². The van der Waals surface area contributed by atoms with Crippen LogP contribution in [-0.4, -0.2) is 73.4 Å². The first-order valence-corrected chi connectivity index (χ1v) is 31.7. The van der Waals surface area contributed by atoms with Crippen molar-refractivity contribution in [2.24, 2.45) is 0 Å². The summed E-state index contributed by atoms with van der Waals surface area (Å²) >= 11 is 0. The predicted octanol–water partition coefficient (Wildman–Crippen LogP) is 18.9. The van der Waals surface area contributed by atoms with E-state index >= 15 is 0 Å². The van der Waals surface area contributed by atoms with E-state index in [0.29, 0.717) is 17.4 Å². The van der Waals surface area contributed by atoms with Gasteiger partial charge >= 0.3 is 7.82 Å². The second kappa shape index (κ2) is 56.1. The van der Waals surface area contributed by atoms with Crippen LogP contribution in [0.2, 0.25) is 0 Å². The smallest absolute Gasteiger partial charge is 0.387 e. The lowest BCUT2D eigenvalue weighted by molar-refractivity contribution is -0.870. The van der Waals surface area contributed by atoms with Crippen molar-refractivity contribution in [3.8, 4) is 0 Å². The van der Waals surface area contributed by atoms with E-state index < -0.39 is 20.0 Å². The molecule has 0 radical (unpaired) electrons. The van der Waals surface area contributed by atoms with Gasteiger partial charge in [0, 0.05) is 6.42 Å². The Balaban J connectivity index is 4.37. The van der Waals surface area contributed by atoms with Crippen molar-refractivity contribution in [1.29, 1.82) is 0 Å². The number of aliphatic hydroxyl groups excluding tert-OH is 1. The molecule has 0 aromatic carbocycles. The molecule has 0 saturated heterocycles. The quantitative estimate of drug-likeness (QED) is 0.0243. The van der Waals surface area contributed by atoms with Crippen molar-refractivity contribution in [3.05, 3.63) is 146 Å². The first-order chi connectivity index (χ1) is 37.0. The van der Waals surface area contributed by atoms with Gasteiger partial charge in [0.1, 0.15) is 13.2 Å². The van der Waals surface area contributed by atoms with Crippen molar-refractivity contribution in [1.82, 2.24) is 5.32 Å². The topological polar surface area (TPSA) is 105 Å². The lowest BCUT2D eigenvalue weighted by Gasteiger charge is -2.25. The van der Waals surface area contributed by atoms with Gasteiger partial charge < -0.3 is 19.8 Å². The van der Waals surface area contributed by atoms with Gasteiger partial charge in [-0.1, -0.05) is 250 Å². The number of rotatable bonds is 53. The summed E-state index contributed by atoms with van der Waals surface area (Å²) in [5.41, 5.74) is 0. The number of carbonyl (C=O) groups excluding carboxylic acids is 1. The van der Waals surface area contributed by atoms with Crippen molar-refractivity contribution in [2.75, 3.05) is 40.9 Å². The number of hydrogen-bond donors (Lipinski definition) is 3. The average molecular weight is 1070 g/mol. The summed E-state index contributed by atoms with van der Waals surface area (Å²) in [4.78, 5) is 23.3. The van der Waals surface area contributed by atoms with Crippen LogP contribution in [0.4, 0.5) is 0 Å². The number of hydrogen-bond acceptors (Lipinski definition) is 5. The summed E-state index contributed by atoms with van der Waals surface area (Å²) in [5, 5.41) is 13.9. The van der Waals surface area contributed by atoms with Crippen molar-refractivity contribution in [3.63, 3.8) is 0 Å². The number of carbonyl (C=O) groups is 1. The van der Waals surface area contributed by atoms with Gasteiger partial charge in [-0.25, -0.2) is 4.57 Å². The van der Waals surface area contributed by atoms with E-state index in [9.17, 15) is 19.4 Å². The first-order valence-electron chi connectivity index (χ1n) is 30.2. The Kier molecular flexibility index (Phi) is 53.4. The molecule has 0 saturated carbocycles. The van der Waals surface area contributed by atoms with Gasteiger partial charge in [0.05, 0.1) is 39.9 Å². The third-order valence-electron chi connectivity index (χ3n) is 12.5. The minimum absolute atomic E-state index is 0.0392. The van der Waals surface area contributed by atoms with Gasteiger partial charge in [-0.3, -0.25) is 13.8 Å². The Hall–Kier alpha value is -3.62. The number of aliphatic hydroxyl groups is 1. The summed E-state index contributed by atoms with van der Waals surface area (Å²) < 4.78 is 23.7. The highest BCUT2D eigenvalue weighted by molar-refractivity contribution is 7.47. The van der Waals surface area contributed by atoms with Crippen molar-refractivity contribution in [2.45, 2.75) is 231 Å². The zero-order valence-electron chi connectivity index (χ0n) is 49.2. The highest BCUT2D eigenvalue weighted by atomic mass is 31.2. The molecule has 3 unspecified atom stereocenters. The molecule has 8 nitrogen and oxygen atoms in total. The van der Waals surface area contributed by atoms with E-state index in [1.54, 1.807) is 6.08 Å². The van der Waals surface area contributed by atoms with Crippen molar-refractivity contribution >= 4 is 13.7 Å². The van der Waals surface area contributed by atoms with E-state index in [1.165, 1.54) is 96.3 Å². The maximum atomic E-state index is 13.0. The fourth-order valence-electron chi connectivity index (χ4n) is 7.85. The molecular weight excluding hydrogens is 960 g/mol. The average Bonchev–Trinajstić information content (AvgIpc) is 3.38. The summed E-state index contributed by atoms with van der Waals surface area (Å²) in [6, 6.07) is -0.899. The lowest BCUT2D eigenvalue weighted by Crippen LogP contribution is -2.45.